The van der Waals surface area contributed by atoms with E-state index in [1.165, 1.54) is 5.82 Å². The van der Waals surface area contributed by atoms with E-state index >= 15 is 0 Å². The van der Waals surface area contributed by atoms with Crippen molar-refractivity contribution in [3.8, 4) is 0 Å². The van der Waals surface area contributed by atoms with E-state index in [9.17, 15) is 4.57 Å². The molecule has 0 bridgehead atoms. The zero-order valence-electron chi connectivity index (χ0n) is 5.09. The molecular formula is C5H11O2P. The molecule has 0 aromatic rings. The van der Waals surface area contributed by atoms with Gasteiger partial charge >= 0.3 is 0 Å². The van der Waals surface area contributed by atoms with Gasteiger partial charge in [0, 0.05) is 0 Å². The maximum Gasteiger partial charge on any atom is 0.210 e. The maximum absolute atomic E-state index is 10.0. The van der Waals surface area contributed by atoms with Gasteiger partial charge in [0.2, 0.25) is 8.03 Å². The lowest BCUT2D eigenvalue weighted by Gasteiger charge is -1.89. The Labute approximate surface area is 50.1 Å². The van der Waals surface area contributed by atoms with Gasteiger partial charge in [-0.05, 0) is 11.7 Å². The molecule has 1 unspecified atom stereocenters. The van der Waals surface area contributed by atoms with E-state index in [1.54, 1.807) is 6.08 Å². The molecule has 0 rings (SSSR count). The minimum atomic E-state index is -2.36. The van der Waals surface area contributed by atoms with Crippen LogP contribution in [0.4, 0.5) is 0 Å². The third-order valence-corrected chi connectivity index (χ3v) is 1.10. The highest BCUT2D eigenvalue weighted by Gasteiger charge is 1.84. The van der Waals surface area contributed by atoms with Gasteiger partial charge in [-0.15, -0.1) is 0 Å². The van der Waals surface area contributed by atoms with Crippen molar-refractivity contribution in [3.63, 3.8) is 0 Å². The highest BCUT2D eigenvalue weighted by atomic mass is 31.1. The van der Waals surface area contributed by atoms with Gasteiger partial charge in [-0.1, -0.05) is 19.9 Å². The summed E-state index contributed by atoms with van der Waals surface area (Å²) in [7, 11) is -2.36. The molecule has 0 aliphatic rings. The molecule has 0 aliphatic carbocycles. The van der Waals surface area contributed by atoms with Gasteiger partial charge < -0.3 is 4.89 Å². The van der Waals surface area contributed by atoms with Gasteiger partial charge in [0.25, 0.3) is 0 Å². The highest BCUT2D eigenvalue weighted by molar-refractivity contribution is 7.41. The molecule has 0 amide bonds. The largest absolute Gasteiger partial charge is 0.344 e. The zero-order chi connectivity index (χ0) is 6.57. The van der Waals surface area contributed by atoms with Crippen LogP contribution in [-0.2, 0) is 4.57 Å². The minimum absolute atomic E-state index is 0.371. The summed E-state index contributed by atoms with van der Waals surface area (Å²) in [4.78, 5) is 8.26. The Hall–Kier alpha value is -0.0700. The molecule has 0 heterocycles. The molecule has 0 aromatic heterocycles. The molecule has 1 atom stereocenters. The lowest BCUT2D eigenvalue weighted by atomic mass is 10.2. The van der Waals surface area contributed by atoms with Crippen molar-refractivity contribution in [2.45, 2.75) is 13.8 Å². The summed E-state index contributed by atoms with van der Waals surface area (Å²) in [5.41, 5.74) is 0. The van der Waals surface area contributed by atoms with Gasteiger partial charge in [0.15, 0.2) is 0 Å². The van der Waals surface area contributed by atoms with Crippen molar-refractivity contribution < 1.29 is 9.46 Å². The average molecular weight is 134 g/mol. The monoisotopic (exact) mass is 134 g/mol. The quantitative estimate of drug-likeness (QED) is 0.582. The molecule has 0 radical (unpaired) electrons. The van der Waals surface area contributed by atoms with Crippen molar-refractivity contribution in [1.29, 1.82) is 0 Å². The average Bonchev–Trinajstić information content (AvgIpc) is 1.61. The molecule has 2 nitrogen and oxygen atoms in total. The van der Waals surface area contributed by atoms with Crippen molar-refractivity contribution in [2.24, 2.45) is 5.92 Å². The van der Waals surface area contributed by atoms with Crippen LogP contribution in [-0.4, -0.2) is 4.89 Å². The molecular weight excluding hydrogens is 123 g/mol. The first kappa shape index (κ1) is 7.93. The van der Waals surface area contributed by atoms with E-state index < -0.39 is 8.03 Å². The molecule has 0 aliphatic heterocycles. The van der Waals surface area contributed by atoms with Crippen LogP contribution >= 0.6 is 8.03 Å². The van der Waals surface area contributed by atoms with E-state index in [-0.39, 0.29) is 0 Å². The third-order valence-electron chi connectivity index (χ3n) is 0.624. The van der Waals surface area contributed by atoms with Crippen LogP contribution in [0.1, 0.15) is 13.8 Å². The summed E-state index contributed by atoms with van der Waals surface area (Å²) in [6.45, 7) is 3.92. The lowest BCUT2D eigenvalue weighted by Crippen LogP contribution is -1.73. The summed E-state index contributed by atoms with van der Waals surface area (Å²) in [6.07, 6.45) is 1.72. The molecule has 0 fully saturated rings. The number of hydrogen-bond donors (Lipinski definition) is 1. The van der Waals surface area contributed by atoms with E-state index in [4.69, 9.17) is 4.89 Å². The van der Waals surface area contributed by atoms with Crippen molar-refractivity contribution >= 4 is 8.03 Å². The number of allylic oxidation sites excluding steroid dienone is 1. The molecule has 1 N–H and O–H groups in total. The number of rotatable bonds is 2. The van der Waals surface area contributed by atoms with Crippen LogP contribution in [0.3, 0.4) is 0 Å². The second kappa shape index (κ2) is 3.88. The SMILES string of the molecule is CC(C)C=C[PH](=O)O. The van der Waals surface area contributed by atoms with E-state index in [0.717, 1.165) is 0 Å². The first-order valence-corrected chi connectivity index (χ1v) is 3.97. The van der Waals surface area contributed by atoms with E-state index in [2.05, 4.69) is 0 Å². The first-order chi connectivity index (χ1) is 3.63. The fourth-order valence-corrected chi connectivity index (χ4v) is 0.824. The third kappa shape index (κ3) is 5.93. The van der Waals surface area contributed by atoms with Gasteiger partial charge in [-0.25, -0.2) is 0 Å². The van der Waals surface area contributed by atoms with E-state index in [1.807, 2.05) is 13.8 Å². The summed E-state index contributed by atoms with van der Waals surface area (Å²) in [6, 6.07) is 0. The van der Waals surface area contributed by atoms with Gasteiger partial charge in [0.05, 0.1) is 0 Å². The van der Waals surface area contributed by atoms with Crippen LogP contribution in [0.25, 0.3) is 0 Å². The number of hydrogen-bond acceptors (Lipinski definition) is 1. The Morgan fingerprint density at radius 1 is 1.62 bits per heavy atom. The van der Waals surface area contributed by atoms with Crippen LogP contribution < -0.4 is 0 Å². The van der Waals surface area contributed by atoms with Crippen LogP contribution in [0.15, 0.2) is 11.9 Å². The fourth-order valence-electron chi connectivity index (χ4n) is 0.275. The molecule has 8 heavy (non-hydrogen) atoms. The molecule has 48 valence electrons. The van der Waals surface area contributed by atoms with Gasteiger partial charge in [-0.2, -0.15) is 0 Å². The molecule has 0 aromatic carbocycles. The Morgan fingerprint density at radius 3 is 2.25 bits per heavy atom. The first-order valence-electron chi connectivity index (χ1n) is 2.54. The predicted octanol–water partition coefficient (Wildman–Crippen LogP) is 1.62. The van der Waals surface area contributed by atoms with Crippen molar-refractivity contribution in [3.05, 3.63) is 11.9 Å². The summed E-state index contributed by atoms with van der Waals surface area (Å²) < 4.78 is 10.0. The Bertz CT molecular complexity index is 107. The molecule has 0 saturated carbocycles. The molecule has 0 saturated heterocycles. The van der Waals surface area contributed by atoms with Crippen molar-refractivity contribution in [2.75, 3.05) is 0 Å². The smallest absolute Gasteiger partial charge is 0.210 e. The van der Waals surface area contributed by atoms with E-state index in [0.29, 0.717) is 5.92 Å². The zero-order valence-corrected chi connectivity index (χ0v) is 6.09. The summed E-state index contributed by atoms with van der Waals surface area (Å²) in [5, 5.41) is 0. The predicted molar refractivity (Wildman–Crippen MR) is 35.2 cm³/mol. The van der Waals surface area contributed by atoms with Crippen LogP contribution in [0.2, 0.25) is 0 Å². The second-order valence-corrected chi connectivity index (χ2v) is 2.95. The van der Waals surface area contributed by atoms with Gasteiger partial charge in [-0.3, -0.25) is 4.57 Å². The maximum atomic E-state index is 10.0. The topological polar surface area (TPSA) is 37.3 Å². The molecule has 0 spiro atoms. The van der Waals surface area contributed by atoms with Crippen LogP contribution in [0.5, 0.6) is 0 Å². The standard InChI is InChI=1S/C5H11O2P/c1-5(2)3-4-8(6)7/h3-5,8H,1-2H3,(H,6,7). The fraction of sp³-hybridized carbons (Fsp3) is 0.600. The Morgan fingerprint density at radius 2 is 2.12 bits per heavy atom. The molecule has 3 heteroatoms. The van der Waals surface area contributed by atoms with Crippen LogP contribution in [0, 0.1) is 5.92 Å². The lowest BCUT2D eigenvalue weighted by molar-refractivity contribution is 0.512. The minimum Gasteiger partial charge on any atom is -0.344 e. The van der Waals surface area contributed by atoms with Gasteiger partial charge in [0.1, 0.15) is 0 Å². The normalized spacial score (nSPS) is 15.5. The summed E-state index contributed by atoms with van der Waals surface area (Å²) >= 11 is 0. The highest BCUT2D eigenvalue weighted by Crippen LogP contribution is 2.15. The second-order valence-electron chi connectivity index (χ2n) is 1.94. The Balaban J connectivity index is 3.50. The summed E-state index contributed by atoms with van der Waals surface area (Å²) in [5.74, 6) is 1.71. The Kier molecular flexibility index (Phi) is 3.84. The van der Waals surface area contributed by atoms with Crippen molar-refractivity contribution in [1.82, 2.24) is 0 Å².